The quantitative estimate of drug-likeness (QED) is 0.453. The Bertz CT molecular complexity index is 410. The van der Waals surface area contributed by atoms with E-state index < -0.39 is 17.3 Å². The first-order chi connectivity index (χ1) is 7.14. The maximum atomic E-state index is 11.4. The highest BCUT2D eigenvalue weighted by atomic mass is 32.2. The predicted octanol–water partition coefficient (Wildman–Crippen LogP) is 1.92. The van der Waals surface area contributed by atoms with E-state index in [0.717, 1.165) is 0 Å². The first-order valence-electron chi connectivity index (χ1n) is 5.05. The van der Waals surface area contributed by atoms with Crippen molar-refractivity contribution in [3.8, 4) is 11.8 Å². The number of hydrogen-bond donors (Lipinski definition) is 1. The minimum atomic E-state index is -3.98. The highest BCUT2D eigenvalue weighted by Gasteiger charge is 2.16. The van der Waals surface area contributed by atoms with Crippen LogP contribution in [0.5, 0.6) is 0 Å². The molecule has 0 aromatic rings. The second kappa shape index (κ2) is 6.44. The molecule has 0 aromatic carbocycles. The maximum absolute atomic E-state index is 11.4. The van der Waals surface area contributed by atoms with Gasteiger partial charge in [0.2, 0.25) is 0 Å². The van der Waals surface area contributed by atoms with Gasteiger partial charge in [-0.2, -0.15) is 8.42 Å². The molecule has 0 saturated heterocycles. The van der Waals surface area contributed by atoms with Crippen molar-refractivity contribution < 1.29 is 17.5 Å². The molecular formula is C10H19O4PS. The van der Waals surface area contributed by atoms with Crippen LogP contribution in [0.4, 0.5) is 0 Å². The van der Waals surface area contributed by atoms with E-state index in [1.165, 1.54) is 0 Å². The minimum Gasteiger partial charge on any atom is -0.324 e. The standard InChI is InChI=1S/C10H19O4PS/c1-4-6-10(9-16(12,13)14)7-5-8-15(2,3)11/h10H,5,7-9H2,1-3H3,(H,12,13,14). The van der Waals surface area contributed by atoms with Crippen molar-refractivity contribution in [3.63, 3.8) is 0 Å². The molecule has 0 aliphatic heterocycles. The first kappa shape index (κ1) is 15.7. The zero-order chi connectivity index (χ0) is 12.8. The topological polar surface area (TPSA) is 71.4 Å². The van der Waals surface area contributed by atoms with Gasteiger partial charge in [-0.15, -0.1) is 5.92 Å². The van der Waals surface area contributed by atoms with Gasteiger partial charge in [-0.25, -0.2) is 0 Å². The van der Waals surface area contributed by atoms with Gasteiger partial charge in [0.1, 0.15) is 0 Å². The lowest BCUT2D eigenvalue weighted by Gasteiger charge is -2.10. The average molecular weight is 266 g/mol. The van der Waals surface area contributed by atoms with Gasteiger partial charge in [-0.1, -0.05) is 5.92 Å². The Balaban J connectivity index is 4.25. The van der Waals surface area contributed by atoms with Gasteiger partial charge in [-0.3, -0.25) is 4.55 Å². The van der Waals surface area contributed by atoms with Crippen molar-refractivity contribution in [2.75, 3.05) is 25.2 Å². The molecule has 1 unspecified atom stereocenters. The molecule has 0 rings (SSSR count). The van der Waals surface area contributed by atoms with Gasteiger partial charge in [0.15, 0.2) is 0 Å². The molecule has 4 nitrogen and oxygen atoms in total. The van der Waals surface area contributed by atoms with Crippen LogP contribution in [0.2, 0.25) is 0 Å². The van der Waals surface area contributed by atoms with Crippen molar-refractivity contribution in [2.24, 2.45) is 5.92 Å². The lowest BCUT2D eigenvalue weighted by Crippen LogP contribution is -2.14. The summed E-state index contributed by atoms with van der Waals surface area (Å²) in [4.78, 5) is 0. The summed E-state index contributed by atoms with van der Waals surface area (Å²) < 4.78 is 41.6. The summed E-state index contributed by atoms with van der Waals surface area (Å²) in [5.41, 5.74) is 0. The zero-order valence-electron chi connectivity index (χ0n) is 9.93. The summed E-state index contributed by atoms with van der Waals surface area (Å²) in [6.07, 6.45) is 1.80. The van der Waals surface area contributed by atoms with Crippen molar-refractivity contribution >= 4 is 17.3 Å². The van der Waals surface area contributed by atoms with Crippen molar-refractivity contribution in [2.45, 2.75) is 19.8 Å². The highest BCUT2D eigenvalue weighted by molar-refractivity contribution is 7.85. The van der Waals surface area contributed by atoms with E-state index in [2.05, 4.69) is 11.8 Å². The lowest BCUT2D eigenvalue weighted by molar-refractivity contribution is 0.472. The molecule has 0 radical (unpaired) electrons. The normalized spacial score (nSPS) is 14.0. The maximum Gasteiger partial charge on any atom is 0.266 e. The van der Waals surface area contributed by atoms with Crippen LogP contribution in [-0.2, 0) is 14.7 Å². The van der Waals surface area contributed by atoms with Crippen LogP contribution >= 0.6 is 7.14 Å². The van der Waals surface area contributed by atoms with E-state index in [1.54, 1.807) is 20.3 Å². The smallest absolute Gasteiger partial charge is 0.266 e. The van der Waals surface area contributed by atoms with Crippen LogP contribution in [0.3, 0.4) is 0 Å². The molecule has 6 heteroatoms. The van der Waals surface area contributed by atoms with Crippen LogP contribution in [-0.4, -0.2) is 38.2 Å². The number of rotatable bonds is 6. The summed E-state index contributed by atoms with van der Waals surface area (Å²) in [5.74, 6) is 4.68. The Hall–Kier alpha value is -0.300. The van der Waals surface area contributed by atoms with Crippen molar-refractivity contribution in [1.82, 2.24) is 0 Å². The summed E-state index contributed by atoms with van der Waals surface area (Å²) in [7, 11) is -6.04. The molecule has 1 atom stereocenters. The van der Waals surface area contributed by atoms with Gasteiger partial charge in [0, 0.05) is 12.1 Å². The van der Waals surface area contributed by atoms with Crippen molar-refractivity contribution in [1.29, 1.82) is 0 Å². The zero-order valence-corrected chi connectivity index (χ0v) is 11.6. The van der Waals surface area contributed by atoms with Crippen LogP contribution in [0, 0.1) is 17.8 Å². The third kappa shape index (κ3) is 10.2. The molecule has 0 saturated carbocycles. The Morgan fingerprint density at radius 2 is 1.94 bits per heavy atom. The van der Waals surface area contributed by atoms with Crippen LogP contribution < -0.4 is 0 Å². The van der Waals surface area contributed by atoms with Crippen LogP contribution in [0.25, 0.3) is 0 Å². The minimum absolute atomic E-state index is 0.342. The third-order valence-electron chi connectivity index (χ3n) is 2.01. The van der Waals surface area contributed by atoms with E-state index in [1.807, 2.05) is 0 Å². The first-order valence-corrected chi connectivity index (χ1v) is 9.45. The largest absolute Gasteiger partial charge is 0.324 e. The lowest BCUT2D eigenvalue weighted by atomic mass is 10.1. The molecule has 0 heterocycles. The van der Waals surface area contributed by atoms with E-state index in [0.29, 0.717) is 19.0 Å². The molecule has 0 spiro atoms. The monoisotopic (exact) mass is 266 g/mol. The third-order valence-corrected chi connectivity index (χ3v) is 4.23. The summed E-state index contributed by atoms with van der Waals surface area (Å²) in [6, 6.07) is 0. The molecule has 0 fully saturated rings. The Kier molecular flexibility index (Phi) is 6.32. The summed E-state index contributed by atoms with van der Waals surface area (Å²) >= 11 is 0. The Labute approximate surface area is 97.9 Å². The molecule has 0 bridgehead atoms. The average Bonchev–Trinajstić information content (AvgIpc) is 1.98. The van der Waals surface area contributed by atoms with Crippen LogP contribution in [0.1, 0.15) is 19.8 Å². The van der Waals surface area contributed by atoms with Crippen molar-refractivity contribution in [3.05, 3.63) is 0 Å². The molecule has 0 amide bonds. The van der Waals surface area contributed by atoms with Gasteiger partial charge in [0.25, 0.3) is 10.1 Å². The highest BCUT2D eigenvalue weighted by Crippen LogP contribution is 2.37. The molecule has 16 heavy (non-hydrogen) atoms. The molecule has 0 aromatic heterocycles. The second-order valence-corrected chi connectivity index (χ2v) is 9.37. The molecule has 0 aliphatic rings. The molecule has 0 aliphatic carbocycles. The number of hydrogen-bond acceptors (Lipinski definition) is 3. The van der Waals surface area contributed by atoms with Crippen LogP contribution in [0.15, 0.2) is 0 Å². The summed E-state index contributed by atoms with van der Waals surface area (Å²) in [5, 5.41) is 0. The van der Waals surface area contributed by atoms with Gasteiger partial charge < -0.3 is 4.57 Å². The Morgan fingerprint density at radius 1 is 1.38 bits per heavy atom. The fourth-order valence-corrected chi connectivity index (χ4v) is 3.08. The molecule has 94 valence electrons. The van der Waals surface area contributed by atoms with Gasteiger partial charge >= 0.3 is 0 Å². The van der Waals surface area contributed by atoms with E-state index in [4.69, 9.17) is 4.55 Å². The summed E-state index contributed by atoms with van der Waals surface area (Å²) in [6.45, 7) is 5.04. The predicted molar refractivity (Wildman–Crippen MR) is 66.9 cm³/mol. The SMILES string of the molecule is CC#CC(CCCP(C)(C)=O)CS(=O)(=O)O. The van der Waals surface area contributed by atoms with E-state index >= 15 is 0 Å². The Morgan fingerprint density at radius 3 is 2.31 bits per heavy atom. The molecular weight excluding hydrogens is 247 g/mol. The fraction of sp³-hybridized carbons (Fsp3) is 0.800. The van der Waals surface area contributed by atoms with E-state index in [-0.39, 0.29) is 11.7 Å². The van der Waals surface area contributed by atoms with Gasteiger partial charge in [-0.05, 0) is 33.1 Å². The van der Waals surface area contributed by atoms with E-state index in [9.17, 15) is 13.0 Å². The second-order valence-electron chi connectivity index (χ2n) is 4.28. The van der Waals surface area contributed by atoms with Gasteiger partial charge in [0.05, 0.1) is 12.9 Å². The fourth-order valence-electron chi connectivity index (χ4n) is 1.37. The molecule has 1 N–H and O–H groups in total.